The van der Waals surface area contributed by atoms with Gasteiger partial charge in [-0.15, -0.1) is 0 Å². The fraction of sp³-hybridized carbons (Fsp3) is 0.914. The van der Waals surface area contributed by atoms with Crippen molar-refractivity contribution in [1.29, 1.82) is 0 Å². The number of ether oxygens (including phenoxy) is 2. The van der Waals surface area contributed by atoms with Crippen LogP contribution in [0.1, 0.15) is 142 Å². The van der Waals surface area contributed by atoms with Crippen molar-refractivity contribution in [3.63, 3.8) is 0 Å². The van der Waals surface area contributed by atoms with E-state index in [9.17, 15) is 38.7 Å². The van der Waals surface area contributed by atoms with Gasteiger partial charge in [-0.25, -0.2) is 4.18 Å². The van der Waals surface area contributed by atoms with Gasteiger partial charge in [-0.1, -0.05) is 135 Å². The molecule has 0 saturated carbocycles. The lowest BCUT2D eigenvalue weighted by molar-refractivity contribution is -0.298. The number of aliphatic hydroxyl groups is 5. The first kappa shape index (κ1) is 45.8. The van der Waals surface area contributed by atoms with Gasteiger partial charge in [0.05, 0.1) is 25.4 Å². The van der Waals surface area contributed by atoms with Crippen molar-refractivity contribution in [3.05, 3.63) is 12.2 Å². The monoisotopic (exact) mass is 725 g/mol. The standard InChI is InChI=1S/C35H67NO12S/c1-3-5-7-9-11-12-13-14-15-16-18-20-22-24-29(39)34(42)36-27(28(38)23-21-19-17-10-8-6-4-2)26-46-35-32(41)33(48-49(43,44)45)31(40)30(25-37)47-35/h21,23,27-33,35,37-41H,3-20,22,24-26H2,1-2H3,(H,36,42)(H,43,44,45)/b23-21+. The lowest BCUT2D eigenvalue weighted by Gasteiger charge is -2.41. The summed E-state index contributed by atoms with van der Waals surface area (Å²) in [5.41, 5.74) is 0. The fourth-order valence-corrected chi connectivity index (χ4v) is 6.38. The molecule has 8 atom stereocenters. The van der Waals surface area contributed by atoms with Crippen LogP contribution in [0, 0.1) is 0 Å². The van der Waals surface area contributed by atoms with Crippen molar-refractivity contribution in [1.82, 2.24) is 5.32 Å². The molecule has 0 aromatic rings. The van der Waals surface area contributed by atoms with Crippen molar-refractivity contribution in [2.75, 3.05) is 13.2 Å². The smallest absolute Gasteiger partial charge is 0.394 e. The van der Waals surface area contributed by atoms with Gasteiger partial charge in [-0.2, -0.15) is 8.42 Å². The van der Waals surface area contributed by atoms with Gasteiger partial charge in [0.15, 0.2) is 6.29 Å². The molecule has 0 aromatic carbocycles. The number of carbonyl (C=O) groups is 1. The molecule has 290 valence electrons. The second-order valence-electron chi connectivity index (χ2n) is 13.3. The van der Waals surface area contributed by atoms with E-state index in [0.717, 1.165) is 51.4 Å². The number of amides is 1. The molecule has 1 heterocycles. The Morgan fingerprint density at radius 3 is 1.84 bits per heavy atom. The van der Waals surface area contributed by atoms with Gasteiger partial charge >= 0.3 is 10.4 Å². The van der Waals surface area contributed by atoms with Gasteiger partial charge in [0, 0.05) is 0 Å². The second kappa shape index (κ2) is 27.5. The van der Waals surface area contributed by atoms with E-state index in [0.29, 0.717) is 12.8 Å². The number of nitrogens with one attached hydrogen (secondary N) is 1. The van der Waals surface area contributed by atoms with Gasteiger partial charge < -0.3 is 40.3 Å². The highest BCUT2D eigenvalue weighted by molar-refractivity contribution is 7.80. The SMILES string of the molecule is CCCCCCC/C=C/C(O)C(COC1OC(CO)C(O)C(OS(=O)(=O)O)C1O)NC(=O)C(O)CCCCCCCCCCCCCCC. The highest BCUT2D eigenvalue weighted by Crippen LogP contribution is 2.26. The van der Waals surface area contributed by atoms with Crippen LogP contribution in [0.3, 0.4) is 0 Å². The summed E-state index contributed by atoms with van der Waals surface area (Å²) in [6, 6.07) is -1.11. The van der Waals surface area contributed by atoms with Gasteiger partial charge in [0.2, 0.25) is 5.91 Å². The molecular weight excluding hydrogens is 658 g/mol. The molecule has 0 aromatic heterocycles. The zero-order valence-electron chi connectivity index (χ0n) is 29.9. The fourth-order valence-electron chi connectivity index (χ4n) is 5.87. The Balaban J connectivity index is 2.67. The summed E-state index contributed by atoms with van der Waals surface area (Å²) >= 11 is 0. The largest absolute Gasteiger partial charge is 0.397 e. The summed E-state index contributed by atoms with van der Waals surface area (Å²) in [4.78, 5) is 12.9. The summed E-state index contributed by atoms with van der Waals surface area (Å²) < 4.78 is 47.1. The van der Waals surface area contributed by atoms with Crippen LogP contribution in [-0.4, -0.2) is 107 Å². The van der Waals surface area contributed by atoms with Gasteiger partial charge in [-0.05, 0) is 19.3 Å². The topological polar surface area (TPSA) is 212 Å². The van der Waals surface area contributed by atoms with Gasteiger partial charge in [0.1, 0.15) is 30.5 Å². The molecule has 13 nitrogen and oxygen atoms in total. The quantitative estimate of drug-likeness (QED) is 0.0315. The van der Waals surface area contributed by atoms with E-state index in [1.165, 1.54) is 63.9 Å². The molecule has 1 aliphatic heterocycles. The molecule has 7 N–H and O–H groups in total. The number of carbonyl (C=O) groups excluding carboxylic acids is 1. The average molecular weight is 726 g/mol. The summed E-state index contributed by atoms with van der Waals surface area (Å²) in [6.45, 7) is 3.10. The number of allylic oxidation sites excluding steroid dienone is 1. The summed E-state index contributed by atoms with van der Waals surface area (Å²) in [7, 11) is -5.10. The Morgan fingerprint density at radius 2 is 1.33 bits per heavy atom. The third-order valence-electron chi connectivity index (χ3n) is 8.93. The summed E-state index contributed by atoms with van der Waals surface area (Å²) in [5, 5.41) is 54.6. The molecule has 0 aliphatic carbocycles. The number of aliphatic hydroxyl groups excluding tert-OH is 5. The molecule has 49 heavy (non-hydrogen) atoms. The predicted molar refractivity (Wildman–Crippen MR) is 187 cm³/mol. The van der Waals surface area contributed by atoms with Crippen molar-refractivity contribution in [2.45, 2.75) is 191 Å². The highest BCUT2D eigenvalue weighted by Gasteiger charge is 2.48. The molecule has 8 unspecified atom stereocenters. The third kappa shape index (κ3) is 21.0. The Morgan fingerprint density at radius 1 is 0.816 bits per heavy atom. The van der Waals surface area contributed by atoms with E-state index in [1.807, 2.05) is 0 Å². The minimum atomic E-state index is -5.10. The van der Waals surface area contributed by atoms with Crippen LogP contribution in [0.4, 0.5) is 0 Å². The number of hydrogen-bond acceptors (Lipinski definition) is 11. The van der Waals surface area contributed by atoms with Crippen LogP contribution in [0.15, 0.2) is 12.2 Å². The minimum Gasteiger partial charge on any atom is -0.394 e. The van der Waals surface area contributed by atoms with Crippen molar-refractivity contribution >= 4 is 16.3 Å². The minimum absolute atomic E-state index is 0.246. The van der Waals surface area contributed by atoms with Crippen molar-refractivity contribution < 1.29 is 57.0 Å². The first-order valence-electron chi connectivity index (χ1n) is 18.7. The van der Waals surface area contributed by atoms with Gasteiger partial charge in [-0.3, -0.25) is 9.35 Å². The molecule has 1 fully saturated rings. The third-order valence-corrected chi connectivity index (χ3v) is 9.39. The van der Waals surface area contributed by atoms with Crippen molar-refractivity contribution in [3.8, 4) is 0 Å². The Kier molecular flexibility index (Phi) is 25.7. The predicted octanol–water partition coefficient (Wildman–Crippen LogP) is 4.23. The second-order valence-corrected chi connectivity index (χ2v) is 14.4. The maximum atomic E-state index is 12.9. The average Bonchev–Trinajstić information content (AvgIpc) is 3.06. The van der Waals surface area contributed by atoms with Crippen molar-refractivity contribution in [2.24, 2.45) is 0 Å². The van der Waals surface area contributed by atoms with E-state index in [2.05, 4.69) is 23.3 Å². The van der Waals surface area contributed by atoms with E-state index >= 15 is 0 Å². The molecule has 0 radical (unpaired) electrons. The maximum absolute atomic E-state index is 12.9. The molecule has 1 amide bonds. The first-order chi connectivity index (χ1) is 23.4. The maximum Gasteiger partial charge on any atom is 0.397 e. The van der Waals surface area contributed by atoms with Crippen LogP contribution in [0.2, 0.25) is 0 Å². The molecule has 0 bridgehead atoms. The van der Waals surface area contributed by atoms with E-state index < -0.39 is 78.5 Å². The van der Waals surface area contributed by atoms with Crippen LogP contribution in [0.25, 0.3) is 0 Å². The Bertz CT molecular complexity index is 968. The van der Waals surface area contributed by atoms with Crippen LogP contribution < -0.4 is 5.32 Å². The molecule has 1 saturated heterocycles. The Hall–Kier alpha value is -1.20. The lowest BCUT2D eigenvalue weighted by atomic mass is 9.99. The first-order valence-corrected chi connectivity index (χ1v) is 20.0. The highest BCUT2D eigenvalue weighted by atomic mass is 32.3. The van der Waals surface area contributed by atoms with Crippen LogP contribution >= 0.6 is 0 Å². The number of hydrogen-bond donors (Lipinski definition) is 7. The number of rotatable bonds is 30. The molecular formula is C35H67NO12S. The number of unbranched alkanes of at least 4 members (excludes halogenated alkanes) is 17. The molecule has 14 heteroatoms. The van der Waals surface area contributed by atoms with Crippen LogP contribution in [0.5, 0.6) is 0 Å². The summed E-state index contributed by atoms with van der Waals surface area (Å²) in [6.07, 6.45) is 13.5. The normalized spacial score (nSPS) is 23.5. The van der Waals surface area contributed by atoms with Gasteiger partial charge in [0.25, 0.3) is 0 Å². The molecule has 0 spiro atoms. The Labute approximate surface area is 294 Å². The zero-order valence-corrected chi connectivity index (χ0v) is 30.7. The van der Waals surface area contributed by atoms with E-state index in [1.54, 1.807) is 6.08 Å². The van der Waals surface area contributed by atoms with Crippen LogP contribution in [-0.2, 0) is 28.9 Å². The summed E-state index contributed by atoms with van der Waals surface area (Å²) in [5.74, 6) is -0.707. The molecule has 1 rings (SSSR count). The zero-order chi connectivity index (χ0) is 36.5. The van der Waals surface area contributed by atoms with E-state index in [-0.39, 0.29) is 6.42 Å². The van der Waals surface area contributed by atoms with E-state index in [4.69, 9.17) is 14.0 Å². The molecule has 1 aliphatic rings. The lowest BCUT2D eigenvalue weighted by Crippen LogP contribution is -2.61.